The lowest BCUT2D eigenvalue weighted by Gasteiger charge is -2.28. The maximum absolute atomic E-state index is 13.7. The molecule has 0 aliphatic carbocycles. The smallest absolute Gasteiger partial charge is 0.327 e. The van der Waals surface area contributed by atoms with E-state index in [1.165, 1.54) is 0 Å². The molecule has 0 saturated heterocycles. The van der Waals surface area contributed by atoms with Crippen LogP contribution in [0.2, 0.25) is 0 Å². The van der Waals surface area contributed by atoms with Gasteiger partial charge in [-0.15, -0.1) is 0 Å². The molecule has 386 valence electrons. The molecule has 0 radical (unpaired) electrons. The minimum Gasteiger partial charge on any atom is -0.480 e. The number of nitrogens with one attached hydrogen (secondary N) is 8. The molecule has 68 heavy (non-hydrogen) atoms. The second kappa shape index (κ2) is 31.9. The molecule has 10 atom stereocenters. The van der Waals surface area contributed by atoms with Gasteiger partial charge in [-0.1, -0.05) is 13.8 Å². The van der Waals surface area contributed by atoms with Crippen LogP contribution in [0.15, 0.2) is 4.99 Å². The van der Waals surface area contributed by atoms with Crippen LogP contribution in [0, 0.1) is 5.92 Å². The van der Waals surface area contributed by atoms with Gasteiger partial charge in [0.25, 0.3) is 0 Å². The van der Waals surface area contributed by atoms with Crippen molar-refractivity contribution in [1.82, 2.24) is 42.5 Å². The summed E-state index contributed by atoms with van der Waals surface area (Å²) in [5.41, 5.74) is 26.9. The number of aliphatic carboxylic acids is 1. The highest BCUT2D eigenvalue weighted by Gasteiger charge is 2.36. The number of carboxylic acids is 1. The fourth-order valence-electron chi connectivity index (χ4n) is 5.66. The number of primary amides is 2. The van der Waals surface area contributed by atoms with Gasteiger partial charge in [-0.2, -0.15) is 25.3 Å². The van der Waals surface area contributed by atoms with Gasteiger partial charge < -0.3 is 91.6 Å². The maximum atomic E-state index is 13.7. The van der Waals surface area contributed by atoms with Crippen molar-refractivity contribution < 1.29 is 73.2 Å². The Balaban J connectivity index is 6.54. The summed E-state index contributed by atoms with van der Waals surface area (Å²) in [5.74, 6) is -13.4. The lowest BCUT2D eigenvalue weighted by atomic mass is 10.0. The molecule has 31 heteroatoms. The van der Waals surface area contributed by atoms with Crippen LogP contribution in [0.1, 0.15) is 59.3 Å². The summed E-state index contributed by atoms with van der Waals surface area (Å²) in [6.45, 7) is 2.28. The number of carbonyl (C=O) groups is 11. The van der Waals surface area contributed by atoms with E-state index in [2.05, 4.69) is 72.8 Å². The molecule has 0 unspecified atom stereocenters. The van der Waals surface area contributed by atoms with Gasteiger partial charge in [0.15, 0.2) is 5.96 Å². The van der Waals surface area contributed by atoms with Crippen LogP contribution in [-0.2, 0) is 52.7 Å². The standard InChI is InChI=1S/C37H66N14O15S2/c1-15(2)9-20(46-34(63)22(11-52)48-28(57)17(38)13-67)31(60)47-21(10-26(40)56)32(61)51-27(16(3)54)35(64)45-18(5-4-8-43-37(41)42)29(58)49-23(12-53)33(62)44-19(6-7-25(39)55)30(59)50-24(14-68)36(65)66/h15-24,27,52-54,67-68H,4-14,38H2,1-3H3,(H2,39,55)(H2,40,56)(H,44,62)(H,45,64)(H,46,63)(H,47,60)(H,48,57)(H,49,58)(H,50,59)(H,51,61)(H,65,66)(H4,41,42,43)/t16-,17+,18+,19+,20+,21+,22+,23+,24+,27+/m1/s1. The minimum atomic E-state index is -1.94. The number of nitrogens with zero attached hydrogens (tertiary/aromatic N) is 1. The maximum Gasteiger partial charge on any atom is 0.327 e. The Morgan fingerprint density at radius 3 is 1.41 bits per heavy atom. The molecule has 0 saturated carbocycles. The quantitative estimate of drug-likeness (QED) is 0.0126. The van der Waals surface area contributed by atoms with Gasteiger partial charge in [-0.25, -0.2) is 4.79 Å². The van der Waals surface area contributed by atoms with Gasteiger partial charge in [0.2, 0.25) is 59.1 Å². The highest BCUT2D eigenvalue weighted by atomic mass is 32.1. The van der Waals surface area contributed by atoms with E-state index in [1.54, 1.807) is 13.8 Å². The predicted molar refractivity (Wildman–Crippen MR) is 246 cm³/mol. The van der Waals surface area contributed by atoms with E-state index >= 15 is 0 Å². The Morgan fingerprint density at radius 1 is 0.544 bits per heavy atom. The van der Waals surface area contributed by atoms with Crippen molar-refractivity contribution in [3.05, 3.63) is 0 Å². The summed E-state index contributed by atoms with van der Waals surface area (Å²) in [7, 11) is 0. The molecule has 0 rings (SSSR count). The van der Waals surface area contributed by atoms with Gasteiger partial charge >= 0.3 is 5.97 Å². The van der Waals surface area contributed by atoms with Gasteiger partial charge in [-0.05, 0) is 38.5 Å². The zero-order valence-corrected chi connectivity index (χ0v) is 39.4. The summed E-state index contributed by atoms with van der Waals surface area (Å²) < 4.78 is 0. The van der Waals surface area contributed by atoms with Gasteiger partial charge in [0.05, 0.1) is 31.8 Å². The van der Waals surface area contributed by atoms with Gasteiger partial charge in [-0.3, -0.25) is 52.9 Å². The number of hydrogen-bond acceptors (Lipinski definition) is 18. The van der Waals surface area contributed by atoms with Crippen molar-refractivity contribution in [2.75, 3.05) is 31.3 Å². The number of aliphatic hydroxyl groups is 3. The second-order valence-electron chi connectivity index (χ2n) is 15.6. The highest BCUT2D eigenvalue weighted by molar-refractivity contribution is 7.80. The molecular formula is C37H66N14O15S2. The Bertz CT molecular complexity index is 1810. The molecule has 22 N–H and O–H groups in total. The van der Waals surface area contributed by atoms with Crippen molar-refractivity contribution in [3.8, 4) is 0 Å². The fraction of sp³-hybridized carbons (Fsp3) is 0.676. The number of carboxylic acid groups (broad SMARTS) is 1. The SMILES string of the molecule is CC(C)C[C@H](NC(=O)[C@H](CO)NC(=O)[C@@H](N)CS)C(=O)N[C@@H](CC(N)=O)C(=O)N[C@H](C(=O)N[C@@H](CCCN=C(N)N)C(=O)N[C@@H](CO)C(=O)N[C@@H](CCC(N)=O)C(=O)N[C@@H](CS)C(=O)O)[C@@H](C)O. The summed E-state index contributed by atoms with van der Waals surface area (Å²) >= 11 is 7.76. The van der Waals surface area contributed by atoms with Crippen molar-refractivity contribution in [2.24, 2.45) is 39.6 Å². The predicted octanol–water partition coefficient (Wildman–Crippen LogP) is -9.26. The van der Waals surface area contributed by atoms with Gasteiger partial charge in [0, 0.05) is 24.5 Å². The monoisotopic (exact) mass is 1010 g/mol. The number of amides is 10. The first kappa shape index (κ1) is 62.0. The molecule has 10 amide bonds. The van der Waals surface area contributed by atoms with Crippen molar-refractivity contribution in [1.29, 1.82) is 0 Å². The van der Waals surface area contributed by atoms with Crippen LogP contribution in [-0.4, -0.2) is 183 Å². The van der Waals surface area contributed by atoms with Crippen LogP contribution in [0.5, 0.6) is 0 Å². The summed E-state index contributed by atoms with van der Waals surface area (Å²) in [4.78, 5) is 145. The molecular weight excluding hydrogens is 945 g/mol. The van der Waals surface area contributed by atoms with Crippen molar-refractivity contribution in [2.45, 2.75) is 120 Å². The molecule has 0 bridgehead atoms. The third kappa shape index (κ3) is 23.6. The lowest BCUT2D eigenvalue weighted by molar-refractivity contribution is -0.142. The summed E-state index contributed by atoms with van der Waals surface area (Å²) in [6.07, 6.45) is -3.96. The van der Waals surface area contributed by atoms with Crippen molar-refractivity contribution in [3.63, 3.8) is 0 Å². The normalized spacial score (nSPS) is 15.4. The molecule has 0 spiro atoms. The zero-order valence-electron chi connectivity index (χ0n) is 37.6. The van der Waals surface area contributed by atoms with E-state index < -0.39 is 158 Å². The van der Waals surface area contributed by atoms with E-state index in [9.17, 15) is 73.2 Å². The number of guanidine groups is 1. The average molecular weight is 1010 g/mol. The van der Waals surface area contributed by atoms with E-state index in [0.29, 0.717) is 0 Å². The first-order valence-corrected chi connectivity index (χ1v) is 22.1. The molecule has 0 fully saturated rings. The third-order valence-electron chi connectivity index (χ3n) is 9.29. The van der Waals surface area contributed by atoms with Crippen molar-refractivity contribution >= 4 is 96.3 Å². The average Bonchev–Trinajstić information content (AvgIpc) is 3.25. The number of aliphatic imine (C=N–C) groups is 1. The third-order valence-corrected chi connectivity index (χ3v) is 10.1. The molecule has 0 aromatic rings. The van der Waals surface area contributed by atoms with Crippen LogP contribution in [0.4, 0.5) is 0 Å². The molecule has 0 aliphatic heterocycles. The van der Waals surface area contributed by atoms with Crippen LogP contribution in [0.25, 0.3) is 0 Å². The molecule has 0 aromatic heterocycles. The van der Waals surface area contributed by atoms with Gasteiger partial charge in [0.1, 0.15) is 48.3 Å². The number of hydrogen-bond donors (Lipinski definition) is 19. The van der Waals surface area contributed by atoms with Crippen LogP contribution >= 0.6 is 25.3 Å². The lowest BCUT2D eigenvalue weighted by Crippen LogP contribution is -2.62. The van der Waals surface area contributed by atoms with E-state index in [1.807, 2.05) is 0 Å². The van der Waals surface area contributed by atoms with Crippen LogP contribution < -0.4 is 71.2 Å². The molecule has 0 aromatic carbocycles. The first-order valence-electron chi connectivity index (χ1n) is 20.9. The molecule has 0 heterocycles. The summed E-state index contributed by atoms with van der Waals surface area (Å²) in [6, 6.07) is -14.6. The van der Waals surface area contributed by atoms with Crippen LogP contribution in [0.3, 0.4) is 0 Å². The number of carbonyl (C=O) groups excluding carboxylic acids is 10. The molecule has 0 aliphatic rings. The Labute approximate surface area is 401 Å². The number of rotatable bonds is 33. The first-order chi connectivity index (χ1) is 31.7. The number of aliphatic hydroxyl groups excluding tert-OH is 3. The Kier molecular flexibility index (Phi) is 29.0. The number of nitrogens with two attached hydrogens (primary N) is 5. The topological polar surface area (TPSA) is 507 Å². The second-order valence-corrected chi connectivity index (χ2v) is 16.3. The highest BCUT2D eigenvalue weighted by Crippen LogP contribution is 2.09. The molecule has 29 nitrogen and oxygen atoms in total. The zero-order chi connectivity index (χ0) is 52.4. The number of thiol groups is 2. The Morgan fingerprint density at radius 2 is 0.971 bits per heavy atom. The fourth-order valence-corrected chi connectivity index (χ4v) is 6.07. The largest absolute Gasteiger partial charge is 0.480 e. The minimum absolute atomic E-state index is 0.0291. The summed E-state index contributed by atoms with van der Waals surface area (Å²) in [5, 5.41) is 57.6. The van der Waals surface area contributed by atoms with E-state index in [0.717, 1.165) is 6.92 Å². The van der Waals surface area contributed by atoms with E-state index in [-0.39, 0.29) is 49.2 Å². The Hall–Kier alpha value is -6.02. The van der Waals surface area contributed by atoms with E-state index in [4.69, 9.17) is 28.7 Å².